The average Bonchev–Trinajstić information content (AvgIpc) is 2.94. The van der Waals surface area contributed by atoms with Crippen LogP contribution >= 0.6 is 11.6 Å². The Balaban J connectivity index is 2.43. The lowest BCUT2D eigenvalue weighted by molar-refractivity contribution is 0.304. The molecule has 1 aromatic rings. The van der Waals surface area contributed by atoms with Crippen molar-refractivity contribution in [3.63, 3.8) is 0 Å². The minimum absolute atomic E-state index is 0.0392. The van der Waals surface area contributed by atoms with Gasteiger partial charge in [-0.05, 0) is 43.5 Å². The number of halogens is 1. The number of rotatable bonds is 4. The van der Waals surface area contributed by atoms with Gasteiger partial charge in [-0.15, -0.1) is 0 Å². The van der Waals surface area contributed by atoms with Crippen molar-refractivity contribution in [2.24, 2.45) is 11.7 Å². The number of sulfonamides is 1. The third-order valence-corrected chi connectivity index (χ3v) is 6.27. The van der Waals surface area contributed by atoms with Gasteiger partial charge in [-0.3, -0.25) is 0 Å². The Morgan fingerprint density at radius 1 is 1.48 bits per heavy atom. The minimum Gasteiger partial charge on any atom is -0.330 e. The molecule has 1 aromatic carbocycles. The molecule has 0 heterocycles. The lowest BCUT2D eigenvalue weighted by atomic mass is 10.0. The Kier molecular flexibility index (Phi) is 4.89. The molecule has 0 aliphatic heterocycles. The fourth-order valence-corrected chi connectivity index (χ4v) is 4.75. The molecule has 0 amide bonds. The summed E-state index contributed by atoms with van der Waals surface area (Å²) in [6.45, 7) is 0.463. The van der Waals surface area contributed by atoms with E-state index in [9.17, 15) is 8.42 Å². The standard InChI is InChI=1S/C14H18ClN3O2S/c1-18(13-4-2-3-10(13)8-16)21(19,20)14-7-12(15)6-5-11(14)9-17/h5-7,10,13H,2-4,8,16H2,1H3. The van der Waals surface area contributed by atoms with Gasteiger partial charge in [0.1, 0.15) is 11.0 Å². The van der Waals surface area contributed by atoms with Gasteiger partial charge in [-0.1, -0.05) is 18.0 Å². The second kappa shape index (κ2) is 6.32. The van der Waals surface area contributed by atoms with E-state index >= 15 is 0 Å². The van der Waals surface area contributed by atoms with E-state index in [2.05, 4.69) is 0 Å². The maximum Gasteiger partial charge on any atom is 0.244 e. The van der Waals surface area contributed by atoms with Crippen molar-refractivity contribution in [3.8, 4) is 6.07 Å². The molecular formula is C14H18ClN3O2S. The molecule has 2 N–H and O–H groups in total. The summed E-state index contributed by atoms with van der Waals surface area (Å²) in [7, 11) is -2.21. The highest BCUT2D eigenvalue weighted by Gasteiger charge is 2.36. The molecule has 1 fully saturated rings. The van der Waals surface area contributed by atoms with Crippen LogP contribution in [0.5, 0.6) is 0 Å². The van der Waals surface area contributed by atoms with Crippen LogP contribution in [0.15, 0.2) is 23.1 Å². The zero-order valence-corrected chi connectivity index (χ0v) is 13.4. The summed E-state index contributed by atoms with van der Waals surface area (Å²) in [6.07, 6.45) is 2.69. The summed E-state index contributed by atoms with van der Waals surface area (Å²) in [6, 6.07) is 6.06. The van der Waals surface area contributed by atoms with Gasteiger partial charge >= 0.3 is 0 Å². The van der Waals surface area contributed by atoms with Crippen molar-refractivity contribution in [2.45, 2.75) is 30.2 Å². The molecule has 114 valence electrons. The first kappa shape index (κ1) is 16.2. The normalized spacial score (nSPS) is 22.4. The van der Waals surface area contributed by atoms with Gasteiger partial charge in [-0.2, -0.15) is 9.57 Å². The largest absolute Gasteiger partial charge is 0.330 e. The topological polar surface area (TPSA) is 87.2 Å². The number of nitrogens with two attached hydrogens (primary N) is 1. The van der Waals surface area contributed by atoms with Gasteiger partial charge in [0.15, 0.2) is 0 Å². The van der Waals surface area contributed by atoms with E-state index < -0.39 is 10.0 Å². The van der Waals surface area contributed by atoms with E-state index in [-0.39, 0.29) is 22.4 Å². The monoisotopic (exact) mass is 327 g/mol. The predicted octanol–water partition coefficient (Wildman–Crippen LogP) is 1.96. The number of hydrogen-bond acceptors (Lipinski definition) is 4. The molecule has 5 nitrogen and oxygen atoms in total. The van der Waals surface area contributed by atoms with Crippen LogP contribution in [-0.4, -0.2) is 32.4 Å². The minimum atomic E-state index is -3.76. The smallest absolute Gasteiger partial charge is 0.244 e. The highest BCUT2D eigenvalue weighted by Crippen LogP contribution is 2.33. The van der Waals surface area contributed by atoms with E-state index in [1.165, 1.54) is 22.5 Å². The molecule has 0 spiro atoms. The second-order valence-corrected chi connectivity index (χ2v) is 7.67. The van der Waals surface area contributed by atoms with Gasteiger partial charge in [-0.25, -0.2) is 8.42 Å². The van der Waals surface area contributed by atoms with Crippen molar-refractivity contribution in [2.75, 3.05) is 13.6 Å². The van der Waals surface area contributed by atoms with Gasteiger partial charge in [0.2, 0.25) is 10.0 Å². The lowest BCUT2D eigenvalue weighted by Gasteiger charge is -2.28. The van der Waals surface area contributed by atoms with Crippen LogP contribution in [0.4, 0.5) is 0 Å². The zero-order valence-electron chi connectivity index (χ0n) is 11.8. The van der Waals surface area contributed by atoms with E-state index in [1.54, 1.807) is 7.05 Å². The van der Waals surface area contributed by atoms with Crippen molar-refractivity contribution in [3.05, 3.63) is 28.8 Å². The second-order valence-electron chi connectivity index (χ2n) is 5.27. The molecule has 1 aliphatic carbocycles. The van der Waals surface area contributed by atoms with Gasteiger partial charge < -0.3 is 5.73 Å². The molecule has 0 bridgehead atoms. The first-order chi connectivity index (χ1) is 9.91. The summed E-state index contributed by atoms with van der Waals surface area (Å²) in [5.74, 6) is 0.162. The first-order valence-corrected chi connectivity index (χ1v) is 8.61. The highest BCUT2D eigenvalue weighted by atomic mass is 35.5. The Morgan fingerprint density at radius 3 is 2.81 bits per heavy atom. The molecule has 0 saturated heterocycles. The van der Waals surface area contributed by atoms with E-state index in [1.807, 2.05) is 6.07 Å². The maximum absolute atomic E-state index is 12.8. The van der Waals surface area contributed by atoms with Crippen molar-refractivity contribution in [1.29, 1.82) is 5.26 Å². The van der Waals surface area contributed by atoms with Crippen LogP contribution in [-0.2, 0) is 10.0 Å². The fourth-order valence-electron chi connectivity index (χ4n) is 2.91. The van der Waals surface area contributed by atoms with Gasteiger partial charge in [0.05, 0.1) is 5.56 Å². The first-order valence-electron chi connectivity index (χ1n) is 6.79. The molecule has 7 heteroatoms. The highest BCUT2D eigenvalue weighted by molar-refractivity contribution is 7.89. The molecule has 2 unspecified atom stereocenters. The third kappa shape index (κ3) is 3.06. The van der Waals surface area contributed by atoms with E-state index in [4.69, 9.17) is 22.6 Å². The van der Waals surface area contributed by atoms with Crippen LogP contribution in [0, 0.1) is 17.2 Å². The number of hydrogen-bond donors (Lipinski definition) is 1. The number of nitrogens with zero attached hydrogens (tertiary/aromatic N) is 2. The molecule has 2 atom stereocenters. The van der Waals surface area contributed by atoms with E-state index in [0.717, 1.165) is 19.3 Å². The van der Waals surface area contributed by atoms with Crippen molar-refractivity contribution in [1.82, 2.24) is 4.31 Å². The average molecular weight is 328 g/mol. The molecule has 1 aliphatic rings. The van der Waals surface area contributed by atoms with Crippen LogP contribution in [0.3, 0.4) is 0 Å². The quantitative estimate of drug-likeness (QED) is 0.915. The van der Waals surface area contributed by atoms with Crippen LogP contribution in [0.25, 0.3) is 0 Å². The Hall–Kier alpha value is -1.13. The van der Waals surface area contributed by atoms with Crippen molar-refractivity contribution < 1.29 is 8.42 Å². The van der Waals surface area contributed by atoms with Crippen LogP contribution in [0.1, 0.15) is 24.8 Å². The fraction of sp³-hybridized carbons (Fsp3) is 0.500. The Labute approximate surface area is 130 Å². The predicted molar refractivity (Wildman–Crippen MR) is 81.3 cm³/mol. The maximum atomic E-state index is 12.8. The lowest BCUT2D eigenvalue weighted by Crippen LogP contribution is -2.41. The summed E-state index contributed by atoms with van der Waals surface area (Å²) >= 11 is 5.89. The SMILES string of the molecule is CN(C1CCCC1CN)S(=O)(=O)c1cc(Cl)ccc1C#N. The van der Waals surface area contributed by atoms with Gasteiger partial charge in [0, 0.05) is 18.1 Å². The molecule has 1 saturated carbocycles. The summed E-state index contributed by atoms with van der Waals surface area (Å²) in [5, 5.41) is 9.42. The van der Waals surface area contributed by atoms with E-state index in [0.29, 0.717) is 11.6 Å². The molecule has 0 radical (unpaired) electrons. The Morgan fingerprint density at radius 2 is 2.19 bits per heavy atom. The summed E-state index contributed by atoms with van der Waals surface area (Å²) < 4.78 is 26.9. The third-order valence-electron chi connectivity index (χ3n) is 4.11. The summed E-state index contributed by atoms with van der Waals surface area (Å²) in [5.41, 5.74) is 5.83. The Bertz CT molecular complexity index is 669. The molecule has 0 aromatic heterocycles. The number of benzene rings is 1. The summed E-state index contributed by atoms with van der Waals surface area (Å²) in [4.78, 5) is -0.0392. The molecular weight excluding hydrogens is 310 g/mol. The van der Waals surface area contributed by atoms with Gasteiger partial charge in [0.25, 0.3) is 0 Å². The number of nitriles is 1. The molecule has 2 rings (SSSR count). The van der Waals surface area contributed by atoms with Crippen molar-refractivity contribution >= 4 is 21.6 Å². The van der Waals surface area contributed by atoms with Crippen LogP contribution < -0.4 is 5.73 Å². The van der Waals surface area contributed by atoms with Crippen LogP contribution in [0.2, 0.25) is 5.02 Å². The zero-order chi connectivity index (χ0) is 15.6. The molecule has 21 heavy (non-hydrogen) atoms.